The number of nitrogens with zero attached hydrogens (tertiary/aromatic N) is 1. The van der Waals surface area contributed by atoms with Crippen molar-refractivity contribution >= 4 is 29.7 Å². The largest absolute Gasteiger partial charge is 0.480 e. The molecule has 1 saturated heterocycles. The Hall–Kier alpha value is -3.00. The van der Waals surface area contributed by atoms with Crippen molar-refractivity contribution in [1.82, 2.24) is 10.2 Å². The van der Waals surface area contributed by atoms with Crippen LogP contribution in [0.2, 0.25) is 0 Å². The number of carboxylic acid groups (broad SMARTS) is 1. The third-order valence-corrected chi connectivity index (χ3v) is 7.49. The minimum atomic E-state index is -0.993. The third kappa shape index (κ3) is 5.22. The van der Waals surface area contributed by atoms with Crippen LogP contribution in [0.5, 0.6) is 0 Å². The van der Waals surface area contributed by atoms with Crippen LogP contribution in [-0.2, 0) is 14.3 Å². The van der Waals surface area contributed by atoms with Crippen molar-refractivity contribution in [3.05, 3.63) is 59.7 Å². The van der Waals surface area contributed by atoms with Gasteiger partial charge in [0.2, 0.25) is 5.91 Å². The summed E-state index contributed by atoms with van der Waals surface area (Å²) in [5, 5.41) is 12.2. The van der Waals surface area contributed by atoms with Gasteiger partial charge in [0.1, 0.15) is 12.6 Å². The first-order chi connectivity index (χ1) is 16.5. The van der Waals surface area contributed by atoms with E-state index in [0.717, 1.165) is 35.1 Å². The van der Waals surface area contributed by atoms with Crippen LogP contribution < -0.4 is 5.32 Å². The maximum absolute atomic E-state index is 12.8. The molecule has 1 aliphatic carbocycles. The topological polar surface area (TPSA) is 95.9 Å². The molecule has 7 nitrogen and oxygen atoms in total. The summed E-state index contributed by atoms with van der Waals surface area (Å²) in [7, 11) is 0. The molecule has 180 valence electrons. The number of hydrogen-bond donors (Lipinski definition) is 2. The van der Waals surface area contributed by atoms with Gasteiger partial charge < -0.3 is 20.1 Å². The number of benzene rings is 2. The first-order valence-corrected chi connectivity index (χ1v) is 12.9. The molecule has 0 radical (unpaired) electrons. The summed E-state index contributed by atoms with van der Waals surface area (Å²) >= 11 is 1.43. The van der Waals surface area contributed by atoms with E-state index in [-0.39, 0.29) is 24.9 Å². The van der Waals surface area contributed by atoms with Gasteiger partial charge >= 0.3 is 12.1 Å². The molecule has 2 aromatic rings. The zero-order valence-corrected chi connectivity index (χ0v) is 20.1. The van der Waals surface area contributed by atoms with Gasteiger partial charge in [-0.2, -0.15) is 0 Å². The number of aliphatic carboxylic acids is 1. The second kappa shape index (κ2) is 11.0. The van der Waals surface area contributed by atoms with E-state index >= 15 is 0 Å². The van der Waals surface area contributed by atoms with Gasteiger partial charge in [-0.25, -0.2) is 9.59 Å². The molecule has 0 aromatic heterocycles. The molecule has 2 aromatic carbocycles. The van der Waals surface area contributed by atoms with Crippen molar-refractivity contribution in [2.75, 3.05) is 18.2 Å². The number of amides is 2. The number of fused-ring (bicyclic) bond motifs is 3. The molecule has 2 N–H and O–H groups in total. The smallest absolute Gasteiger partial charge is 0.407 e. The molecule has 1 aliphatic heterocycles. The summed E-state index contributed by atoms with van der Waals surface area (Å²) in [6.45, 7) is 2.25. The van der Waals surface area contributed by atoms with Crippen LogP contribution in [0, 0.1) is 0 Å². The lowest BCUT2D eigenvalue weighted by atomic mass is 9.98. The lowest BCUT2D eigenvalue weighted by Crippen LogP contribution is -2.45. The Morgan fingerprint density at radius 3 is 2.38 bits per heavy atom. The average molecular weight is 483 g/mol. The van der Waals surface area contributed by atoms with E-state index < -0.39 is 24.1 Å². The van der Waals surface area contributed by atoms with E-state index in [0.29, 0.717) is 18.1 Å². The van der Waals surface area contributed by atoms with Gasteiger partial charge in [-0.05, 0) is 28.7 Å². The van der Waals surface area contributed by atoms with Crippen LogP contribution in [0.1, 0.15) is 49.7 Å². The van der Waals surface area contributed by atoms with Crippen LogP contribution in [0.4, 0.5) is 4.79 Å². The molecule has 4 rings (SSSR count). The Balaban J connectivity index is 1.38. The number of alkyl carbamates (subject to hydrolysis) is 1. The summed E-state index contributed by atoms with van der Waals surface area (Å²) in [6.07, 6.45) is 1.91. The Labute approximate surface area is 203 Å². The number of rotatable bonds is 9. The Bertz CT molecular complexity index is 1010. The van der Waals surface area contributed by atoms with Gasteiger partial charge in [-0.15, -0.1) is 11.8 Å². The molecule has 1 fully saturated rings. The minimum absolute atomic E-state index is 0.0353. The van der Waals surface area contributed by atoms with Crippen LogP contribution in [0.25, 0.3) is 11.1 Å². The molecule has 2 aliphatic rings. The van der Waals surface area contributed by atoms with E-state index in [1.807, 2.05) is 31.2 Å². The van der Waals surface area contributed by atoms with Crippen molar-refractivity contribution in [3.63, 3.8) is 0 Å². The molecular formula is C26H30N2O5S. The van der Waals surface area contributed by atoms with E-state index in [2.05, 4.69) is 29.6 Å². The second-order valence-corrected chi connectivity index (χ2v) is 9.73. The van der Waals surface area contributed by atoms with Crippen molar-refractivity contribution in [1.29, 1.82) is 0 Å². The number of ether oxygens (including phenoxy) is 1. The maximum atomic E-state index is 12.8. The molecule has 0 bridgehead atoms. The first-order valence-electron chi connectivity index (χ1n) is 11.7. The van der Waals surface area contributed by atoms with Gasteiger partial charge in [-0.1, -0.05) is 68.3 Å². The molecule has 1 heterocycles. The van der Waals surface area contributed by atoms with Crippen molar-refractivity contribution < 1.29 is 24.2 Å². The normalized spacial score (nSPS) is 17.7. The average Bonchev–Trinajstić information content (AvgIpc) is 3.45. The maximum Gasteiger partial charge on any atom is 0.407 e. The molecule has 2 unspecified atom stereocenters. The van der Waals surface area contributed by atoms with Gasteiger partial charge in [0, 0.05) is 24.1 Å². The predicted octanol–water partition coefficient (Wildman–Crippen LogP) is 4.46. The number of nitrogens with one attached hydrogen (secondary N) is 1. The summed E-state index contributed by atoms with van der Waals surface area (Å²) in [5.74, 6) is -0.529. The fourth-order valence-electron chi connectivity index (χ4n) is 4.70. The molecular weight excluding hydrogens is 452 g/mol. The molecule has 0 spiro atoms. The number of carbonyl (C=O) groups excluding carboxylic acids is 2. The Kier molecular flexibility index (Phi) is 7.77. The highest BCUT2D eigenvalue weighted by Gasteiger charge is 2.35. The highest BCUT2D eigenvalue weighted by atomic mass is 32.2. The van der Waals surface area contributed by atoms with Crippen LogP contribution >= 0.6 is 11.8 Å². The standard InChI is InChI=1S/C26H30N2O5S/c1-2-3-8-17(13-24(29)28-16-34-15-23(28)25(30)31)27-26(32)33-14-22-20-11-6-4-9-18(20)19-10-5-7-12-21(19)22/h4-7,9-12,17,22-23H,2-3,8,13-16H2,1H3,(H,27,32)(H,30,31). The Morgan fingerprint density at radius 2 is 1.76 bits per heavy atom. The summed E-state index contributed by atoms with van der Waals surface area (Å²) < 4.78 is 5.64. The fraction of sp³-hybridized carbons (Fsp3) is 0.423. The second-order valence-electron chi connectivity index (χ2n) is 8.73. The van der Waals surface area contributed by atoms with Crippen LogP contribution in [-0.4, -0.2) is 58.3 Å². The molecule has 2 atom stereocenters. The summed E-state index contributed by atoms with van der Waals surface area (Å²) in [6, 6.07) is 15.1. The van der Waals surface area contributed by atoms with E-state index in [1.165, 1.54) is 16.7 Å². The van der Waals surface area contributed by atoms with Crippen molar-refractivity contribution in [3.8, 4) is 11.1 Å². The zero-order chi connectivity index (χ0) is 24.1. The summed E-state index contributed by atoms with van der Waals surface area (Å²) in [5.41, 5.74) is 4.60. The van der Waals surface area contributed by atoms with Crippen LogP contribution in [0.15, 0.2) is 48.5 Å². The van der Waals surface area contributed by atoms with Crippen molar-refractivity contribution in [2.45, 2.75) is 50.6 Å². The quantitative estimate of drug-likeness (QED) is 0.548. The molecule has 2 amide bonds. The first kappa shape index (κ1) is 24.1. The molecule has 0 saturated carbocycles. The highest BCUT2D eigenvalue weighted by molar-refractivity contribution is 7.99. The number of thioether (sulfide) groups is 1. The van der Waals surface area contributed by atoms with Gasteiger partial charge in [0.25, 0.3) is 0 Å². The van der Waals surface area contributed by atoms with E-state index in [9.17, 15) is 19.5 Å². The lowest BCUT2D eigenvalue weighted by molar-refractivity contribution is -0.148. The van der Waals surface area contributed by atoms with E-state index in [1.54, 1.807) is 0 Å². The number of unbranched alkanes of at least 4 members (excludes halogenated alkanes) is 1. The molecule has 34 heavy (non-hydrogen) atoms. The Morgan fingerprint density at radius 1 is 1.12 bits per heavy atom. The molecule has 8 heteroatoms. The van der Waals surface area contributed by atoms with Crippen LogP contribution in [0.3, 0.4) is 0 Å². The van der Waals surface area contributed by atoms with Crippen molar-refractivity contribution in [2.24, 2.45) is 0 Å². The van der Waals surface area contributed by atoms with Gasteiger partial charge in [0.15, 0.2) is 0 Å². The monoisotopic (exact) mass is 482 g/mol. The number of carbonyl (C=O) groups is 3. The zero-order valence-electron chi connectivity index (χ0n) is 19.2. The number of carboxylic acids is 1. The van der Waals surface area contributed by atoms with Gasteiger partial charge in [-0.3, -0.25) is 4.79 Å². The number of hydrogen-bond acceptors (Lipinski definition) is 5. The summed E-state index contributed by atoms with van der Waals surface area (Å²) in [4.78, 5) is 38.4. The van der Waals surface area contributed by atoms with Gasteiger partial charge in [0.05, 0.1) is 5.88 Å². The SMILES string of the molecule is CCCCC(CC(=O)N1CSCC1C(=O)O)NC(=O)OCC1c2ccccc2-c2ccccc21. The minimum Gasteiger partial charge on any atom is -0.480 e. The van der Waals surface area contributed by atoms with E-state index in [4.69, 9.17) is 4.74 Å². The highest BCUT2D eigenvalue weighted by Crippen LogP contribution is 2.44. The third-order valence-electron chi connectivity index (χ3n) is 6.48. The predicted molar refractivity (Wildman–Crippen MR) is 132 cm³/mol. The fourth-order valence-corrected chi connectivity index (χ4v) is 5.88. The lowest BCUT2D eigenvalue weighted by Gasteiger charge is -2.24.